The largest absolute Gasteiger partial charge is 0.419 e. The molecule has 1 aromatic heterocycles. The lowest BCUT2D eigenvalue weighted by Crippen LogP contribution is -2.00. The van der Waals surface area contributed by atoms with Crippen LogP contribution in [0.2, 0.25) is 10.0 Å². The van der Waals surface area contributed by atoms with E-state index < -0.39 is 0 Å². The number of benzene rings is 2. The van der Waals surface area contributed by atoms with Crippen LogP contribution in [-0.2, 0) is 6.54 Å². The molecule has 0 aliphatic rings. The van der Waals surface area contributed by atoms with E-state index in [1.807, 2.05) is 31.2 Å². The van der Waals surface area contributed by atoms with E-state index in [1.165, 1.54) is 0 Å². The maximum absolute atomic E-state index is 6.10. The van der Waals surface area contributed by atoms with Crippen LogP contribution in [0.3, 0.4) is 0 Å². The van der Waals surface area contributed by atoms with E-state index in [4.69, 9.17) is 27.6 Å². The van der Waals surface area contributed by atoms with Crippen LogP contribution >= 0.6 is 23.2 Å². The molecule has 3 aromatic rings. The zero-order chi connectivity index (χ0) is 15.5. The molecule has 0 radical (unpaired) electrons. The third kappa shape index (κ3) is 3.24. The number of halogens is 2. The van der Waals surface area contributed by atoms with Crippen LogP contribution in [-0.4, -0.2) is 10.2 Å². The number of anilines is 1. The molecule has 1 N–H and O–H groups in total. The van der Waals surface area contributed by atoms with Crippen LogP contribution in [0.1, 0.15) is 11.5 Å². The van der Waals surface area contributed by atoms with Crippen LogP contribution in [0.25, 0.3) is 11.5 Å². The highest BCUT2D eigenvalue weighted by molar-refractivity contribution is 6.35. The van der Waals surface area contributed by atoms with Gasteiger partial charge in [0.25, 0.3) is 0 Å². The topological polar surface area (TPSA) is 51.0 Å². The standard InChI is InChI=1S/C16H13Cl2N3O/c1-10-4-2-3-5-12(10)16-21-20-15(22-16)9-19-14-8-11(17)6-7-13(14)18/h2-8,19H,9H2,1H3. The monoisotopic (exact) mass is 333 g/mol. The highest BCUT2D eigenvalue weighted by Crippen LogP contribution is 2.26. The van der Waals surface area contributed by atoms with Gasteiger partial charge in [-0.05, 0) is 36.8 Å². The zero-order valence-electron chi connectivity index (χ0n) is 11.8. The number of aromatic nitrogens is 2. The molecule has 1 heterocycles. The summed E-state index contributed by atoms with van der Waals surface area (Å²) >= 11 is 12.0. The number of rotatable bonds is 4. The van der Waals surface area contributed by atoms with Gasteiger partial charge in [0, 0.05) is 10.6 Å². The van der Waals surface area contributed by atoms with Gasteiger partial charge in [-0.25, -0.2) is 0 Å². The fourth-order valence-corrected chi connectivity index (χ4v) is 2.41. The van der Waals surface area contributed by atoms with Crippen molar-refractivity contribution in [1.82, 2.24) is 10.2 Å². The fourth-order valence-electron chi connectivity index (χ4n) is 2.05. The van der Waals surface area contributed by atoms with Crippen LogP contribution in [0, 0.1) is 6.92 Å². The van der Waals surface area contributed by atoms with Gasteiger partial charge in [0.2, 0.25) is 11.8 Å². The first-order valence-electron chi connectivity index (χ1n) is 6.71. The molecule has 3 rings (SSSR count). The Morgan fingerprint density at radius 2 is 1.91 bits per heavy atom. The summed E-state index contributed by atoms with van der Waals surface area (Å²) in [6.07, 6.45) is 0. The van der Waals surface area contributed by atoms with Crippen molar-refractivity contribution in [2.24, 2.45) is 0 Å². The minimum atomic E-state index is 0.374. The SMILES string of the molecule is Cc1ccccc1-c1nnc(CNc2cc(Cl)ccc2Cl)o1. The van der Waals surface area contributed by atoms with Gasteiger partial charge in [0.1, 0.15) is 0 Å². The summed E-state index contributed by atoms with van der Waals surface area (Å²) < 4.78 is 5.68. The highest BCUT2D eigenvalue weighted by Gasteiger charge is 2.10. The van der Waals surface area contributed by atoms with Gasteiger partial charge in [-0.15, -0.1) is 10.2 Å². The van der Waals surface area contributed by atoms with Gasteiger partial charge in [-0.3, -0.25) is 0 Å². The molecule has 0 saturated heterocycles. The number of nitrogens with one attached hydrogen (secondary N) is 1. The Kier molecular flexibility index (Phi) is 4.32. The number of aryl methyl sites for hydroxylation is 1. The molecule has 0 saturated carbocycles. The summed E-state index contributed by atoms with van der Waals surface area (Å²) in [7, 11) is 0. The van der Waals surface area contributed by atoms with Crippen molar-refractivity contribution >= 4 is 28.9 Å². The predicted molar refractivity (Wildman–Crippen MR) is 88.3 cm³/mol. The summed E-state index contributed by atoms with van der Waals surface area (Å²) in [6, 6.07) is 13.1. The Bertz CT molecular complexity index is 802. The van der Waals surface area contributed by atoms with Gasteiger partial charge >= 0.3 is 0 Å². The molecule has 0 unspecified atom stereocenters. The van der Waals surface area contributed by atoms with Crippen molar-refractivity contribution < 1.29 is 4.42 Å². The Morgan fingerprint density at radius 1 is 1.09 bits per heavy atom. The smallest absolute Gasteiger partial charge is 0.248 e. The number of hydrogen-bond acceptors (Lipinski definition) is 4. The summed E-state index contributed by atoms with van der Waals surface area (Å²) in [5, 5.41) is 12.5. The third-order valence-electron chi connectivity index (χ3n) is 3.20. The van der Waals surface area contributed by atoms with Crippen LogP contribution in [0.5, 0.6) is 0 Å². The normalized spacial score (nSPS) is 10.7. The third-order valence-corrected chi connectivity index (χ3v) is 3.77. The van der Waals surface area contributed by atoms with Crippen LogP contribution < -0.4 is 5.32 Å². The van der Waals surface area contributed by atoms with Crippen molar-refractivity contribution in [2.45, 2.75) is 13.5 Å². The molecule has 22 heavy (non-hydrogen) atoms. The highest BCUT2D eigenvalue weighted by atomic mass is 35.5. The van der Waals surface area contributed by atoms with Crippen molar-refractivity contribution in [2.75, 3.05) is 5.32 Å². The first kappa shape index (κ1) is 14.9. The van der Waals surface area contributed by atoms with Gasteiger partial charge in [0.05, 0.1) is 17.3 Å². The fraction of sp³-hybridized carbons (Fsp3) is 0.125. The molecule has 2 aromatic carbocycles. The molecule has 0 aliphatic heterocycles. The lowest BCUT2D eigenvalue weighted by Gasteiger charge is -2.06. The number of hydrogen-bond donors (Lipinski definition) is 1. The second-order valence-electron chi connectivity index (χ2n) is 4.79. The Labute approximate surface area is 138 Å². The minimum Gasteiger partial charge on any atom is -0.419 e. The van der Waals surface area contributed by atoms with E-state index in [2.05, 4.69) is 15.5 Å². The Balaban J connectivity index is 1.75. The second kappa shape index (κ2) is 6.38. The van der Waals surface area contributed by atoms with E-state index in [1.54, 1.807) is 18.2 Å². The van der Waals surface area contributed by atoms with Crippen LogP contribution in [0.4, 0.5) is 5.69 Å². The van der Waals surface area contributed by atoms with Crippen molar-refractivity contribution in [3.05, 3.63) is 64.0 Å². The summed E-state index contributed by atoms with van der Waals surface area (Å²) in [4.78, 5) is 0. The van der Waals surface area contributed by atoms with E-state index in [9.17, 15) is 0 Å². The average Bonchev–Trinajstić information content (AvgIpc) is 2.97. The van der Waals surface area contributed by atoms with Crippen LogP contribution in [0.15, 0.2) is 46.9 Å². The molecule has 0 fully saturated rings. The molecule has 0 aliphatic carbocycles. The Hall–Kier alpha value is -2.04. The van der Waals surface area contributed by atoms with E-state index in [0.29, 0.717) is 28.4 Å². The lowest BCUT2D eigenvalue weighted by atomic mass is 10.1. The molecule has 0 spiro atoms. The maximum atomic E-state index is 6.10. The molecule has 6 heteroatoms. The molecular weight excluding hydrogens is 321 g/mol. The minimum absolute atomic E-state index is 0.374. The summed E-state index contributed by atoms with van der Waals surface area (Å²) in [5.74, 6) is 0.987. The molecule has 0 bridgehead atoms. The van der Waals surface area contributed by atoms with E-state index in [0.717, 1.165) is 16.8 Å². The first-order chi connectivity index (χ1) is 10.6. The quantitative estimate of drug-likeness (QED) is 0.732. The second-order valence-corrected chi connectivity index (χ2v) is 5.64. The van der Waals surface area contributed by atoms with Crippen molar-refractivity contribution in [1.29, 1.82) is 0 Å². The average molecular weight is 334 g/mol. The molecular formula is C16H13Cl2N3O. The summed E-state index contributed by atoms with van der Waals surface area (Å²) in [6.45, 7) is 2.38. The molecule has 112 valence electrons. The molecule has 0 atom stereocenters. The van der Waals surface area contributed by atoms with Gasteiger partial charge in [-0.1, -0.05) is 41.4 Å². The van der Waals surface area contributed by atoms with Gasteiger partial charge in [-0.2, -0.15) is 0 Å². The van der Waals surface area contributed by atoms with Gasteiger partial charge in [0.15, 0.2) is 0 Å². The van der Waals surface area contributed by atoms with Crippen molar-refractivity contribution in [3.63, 3.8) is 0 Å². The summed E-state index contributed by atoms with van der Waals surface area (Å²) in [5.41, 5.74) is 2.75. The molecule has 4 nitrogen and oxygen atoms in total. The number of nitrogens with zero attached hydrogens (tertiary/aromatic N) is 2. The first-order valence-corrected chi connectivity index (χ1v) is 7.46. The lowest BCUT2D eigenvalue weighted by molar-refractivity contribution is 0.514. The van der Waals surface area contributed by atoms with E-state index >= 15 is 0 Å². The van der Waals surface area contributed by atoms with E-state index in [-0.39, 0.29) is 0 Å². The maximum Gasteiger partial charge on any atom is 0.248 e. The zero-order valence-corrected chi connectivity index (χ0v) is 13.3. The Morgan fingerprint density at radius 3 is 2.73 bits per heavy atom. The predicted octanol–water partition coefficient (Wildman–Crippen LogP) is 4.96. The van der Waals surface area contributed by atoms with Gasteiger partial charge < -0.3 is 9.73 Å². The van der Waals surface area contributed by atoms with Crippen molar-refractivity contribution in [3.8, 4) is 11.5 Å². The molecule has 0 amide bonds.